The average molecular weight is 236 g/mol. The number of fused-ring (bicyclic) bond motifs is 1. The van der Waals surface area contributed by atoms with Gasteiger partial charge in [-0.2, -0.15) is 0 Å². The summed E-state index contributed by atoms with van der Waals surface area (Å²) in [4.78, 5) is 16.3. The molecule has 0 bridgehead atoms. The highest BCUT2D eigenvalue weighted by Crippen LogP contribution is 2.15. The Balaban J connectivity index is 2.02. The molecule has 0 spiro atoms. The van der Waals surface area contributed by atoms with Gasteiger partial charge < -0.3 is 4.98 Å². The van der Waals surface area contributed by atoms with E-state index in [0.29, 0.717) is 6.42 Å². The topological polar surface area (TPSA) is 54.5 Å². The molecule has 0 amide bonds. The van der Waals surface area contributed by atoms with Gasteiger partial charge in [-0.3, -0.25) is 9.97 Å². The summed E-state index contributed by atoms with van der Waals surface area (Å²) >= 11 is 0. The van der Waals surface area contributed by atoms with Crippen molar-refractivity contribution in [2.45, 2.75) is 13.3 Å². The lowest BCUT2D eigenvalue weighted by molar-refractivity contribution is 0.963. The molecule has 0 aliphatic heterocycles. The van der Waals surface area contributed by atoms with Crippen molar-refractivity contribution in [3.63, 3.8) is 0 Å². The van der Waals surface area contributed by atoms with Crippen LogP contribution in [0.15, 0.2) is 30.7 Å². The van der Waals surface area contributed by atoms with Crippen LogP contribution in [0.3, 0.4) is 0 Å². The van der Waals surface area contributed by atoms with Gasteiger partial charge in [0.25, 0.3) is 0 Å². The quantitative estimate of drug-likeness (QED) is 0.659. The molecule has 1 N–H and O–H groups in total. The first-order valence-corrected chi connectivity index (χ1v) is 5.94. The van der Waals surface area contributed by atoms with Crippen molar-refractivity contribution < 1.29 is 0 Å². The molecule has 2 heterocycles. The fourth-order valence-electron chi connectivity index (χ4n) is 2.05. The monoisotopic (exact) mass is 236 g/mol. The van der Waals surface area contributed by atoms with Gasteiger partial charge in [0, 0.05) is 25.0 Å². The average Bonchev–Trinajstić information content (AvgIpc) is 2.79. The van der Waals surface area contributed by atoms with Gasteiger partial charge >= 0.3 is 0 Å². The third-order valence-electron chi connectivity index (χ3n) is 3.20. The highest BCUT2D eigenvalue weighted by atomic mass is 14.9. The van der Waals surface area contributed by atoms with E-state index in [1.54, 1.807) is 18.6 Å². The molecule has 18 heavy (non-hydrogen) atoms. The van der Waals surface area contributed by atoms with Crippen LogP contribution < -0.4 is 5.46 Å². The molecular weight excluding hydrogens is 223 g/mol. The second-order valence-corrected chi connectivity index (χ2v) is 4.46. The van der Waals surface area contributed by atoms with Crippen molar-refractivity contribution in [3.05, 3.63) is 47.8 Å². The summed E-state index contributed by atoms with van der Waals surface area (Å²) in [6, 6.07) is 4.15. The van der Waals surface area contributed by atoms with E-state index in [9.17, 15) is 0 Å². The third-order valence-corrected chi connectivity index (χ3v) is 3.20. The van der Waals surface area contributed by atoms with Gasteiger partial charge in [0.15, 0.2) is 0 Å². The fourth-order valence-corrected chi connectivity index (χ4v) is 2.05. The SMILES string of the molecule is Bc1ccc2nc(Cc3cnccn3)[nH]c2c1C. The molecule has 3 rings (SSSR count). The number of hydrogen-bond donors (Lipinski definition) is 1. The minimum atomic E-state index is 0.682. The number of aromatic amines is 1. The van der Waals surface area contributed by atoms with Crippen molar-refractivity contribution in [1.29, 1.82) is 0 Å². The Morgan fingerprint density at radius 1 is 1.28 bits per heavy atom. The maximum atomic E-state index is 4.59. The zero-order valence-electron chi connectivity index (χ0n) is 10.4. The first kappa shape index (κ1) is 11.0. The number of H-pyrrole nitrogens is 1. The first-order valence-electron chi connectivity index (χ1n) is 5.94. The zero-order valence-corrected chi connectivity index (χ0v) is 10.4. The summed E-state index contributed by atoms with van der Waals surface area (Å²) in [6.45, 7) is 2.11. The normalized spacial score (nSPS) is 10.9. The van der Waals surface area contributed by atoms with Crippen LogP contribution in [0.1, 0.15) is 17.1 Å². The van der Waals surface area contributed by atoms with E-state index in [2.05, 4.69) is 40.8 Å². The molecule has 2 aromatic heterocycles. The molecule has 0 unspecified atom stereocenters. The third kappa shape index (κ3) is 1.88. The van der Waals surface area contributed by atoms with Gasteiger partial charge in [-0.1, -0.05) is 11.5 Å². The number of imidazole rings is 1. The fraction of sp³-hybridized carbons (Fsp3) is 0.154. The van der Waals surface area contributed by atoms with E-state index in [1.807, 2.05) is 6.07 Å². The molecule has 0 radical (unpaired) electrons. The van der Waals surface area contributed by atoms with E-state index < -0.39 is 0 Å². The number of nitrogens with one attached hydrogen (secondary N) is 1. The predicted molar refractivity (Wildman–Crippen MR) is 73.8 cm³/mol. The van der Waals surface area contributed by atoms with Crippen molar-refractivity contribution in [1.82, 2.24) is 19.9 Å². The number of benzene rings is 1. The Labute approximate surface area is 106 Å². The number of nitrogens with zero attached hydrogens (tertiary/aromatic N) is 3. The van der Waals surface area contributed by atoms with E-state index in [4.69, 9.17) is 0 Å². The van der Waals surface area contributed by atoms with E-state index in [1.165, 1.54) is 11.0 Å². The first-order chi connectivity index (χ1) is 8.74. The van der Waals surface area contributed by atoms with Gasteiger partial charge in [0.2, 0.25) is 0 Å². The van der Waals surface area contributed by atoms with Crippen LogP contribution in [0.5, 0.6) is 0 Å². The minimum absolute atomic E-state index is 0.682. The largest absolute Gasteiger partial charge is 0.341 e. The van der Waals surface area contributed by atoms with Crippen molar-refractivity contribution in [2.75, 3.05) is 0 Å². The Hall–Kier alpha value is -2.17. The van der Waals surface area contributed by atoms with Crippen LogP contribution in [0.25, 0.3) is 11.0 Å². The predicted octanol–water partition coefficient (Wildman–Crippen LogP) is 0.511. The zero-order chi connectivity index (χ0) is 12.5. The number of aromatic nitrogens is 4. The van der Waals surface area contributed by atoms with Crippen molar-refractivity contribution >= 4 is 24.3 Å². The van der Waals surface area contributed by atoms with Gasteiger partial charge in [0.1, 0.15) is 13.7 Å². The van der Waals surface area contributed by atoms with E-state index >= 15 is 0 Å². The van der Waals surface area contributed by atoms with Crippen LogP contribution in [0.4, 0.5) is 0 Å². The van der Waals surface area contributed by atoms with Crippen LogP contribution in [-0.2, 0) is 6.42 Å². The summed E-state index contributed by atoms with van der Waals surface area (Å²) in [7, 11) is 2.11. The van der Waals surface area contributed by atoms with Gasteiger partial charge in [0.05, 0.1) is 16.7 Å². The van der Waals surface area contributed by atoms with E-state index in [-0.39, 0.29) is 0 Å². The summed E-state index contributed by atoms with van der Waals surface area (Å²) in [5, 5.41) is 0. The number of hydrogen-bond acceptors (Lipinski definition) is 3. The minimum Gasteiger partial charge on any atom is -0.341 e. The van der Waals surface area contributed by atoms with Gasteiger partial charge in [-0.15, -0.1) is 0 Å². The lowest BCUT2D eigenvalue weighted by atomic mass is 9.91. The summed E-state index contributed by atoms with van der Waals surface area (Å²) < 4.78 is 0. The maximum Gasteiger partial charge on any atom is 0.139 e. The molecule has 0 saturated heterocycles. The highest BCUT2D eigenvalue weighted by molar-refractivity contribution is 6.34. The van der Waals surface area contributed by atoms with Crippen LogP contribution in [0.2, 0.25) is 0 Å². The van der Waals surface area contributed by atoms with Crippen LogP contribution in [0, 0.1) is 6.92 Å². The molecule has 0 atom stereocenters. The standard InChI is InChI=1S/C13H13BN4/c1-8-10(14)2-3-11-13(8)18-12(17-11)6-9-7-15-4-5-16-9/h2-5,7H,6,14H2,1H3,(H,17,18). The molecule has 3 aromatic rings. The molecule has 5 heteroatoms. The molecular formula is C13H13BN4. The molecule has 0 aliphatic rings. The summed E-state index contributed by atoms with van der Waals surface area (Å²) in [5.74, 6) is 0.930. The van der Waals surface area contributed by atoms with Crippen molar-refractivity contribution in [2.24, 2.45) is 0 Å². The Bertz CT molecular complexity index is 691. The molecule has 0 aliphatic carbocycles. The molecule has 0 fully saturated rings. The van der Waals surface area contributed by atoms with Crippen molar-refractivity contribution in [3.8, 4) is 0 Å². The molecule has 4 nitrogen and oxygen atoms in total. The smallest absolute Gasteiger partial charge is 0.139 e. The summed E-state index contributed by atoms with van der Waals surface area (Å²) in [5.41, 5.74) is 5.58. The maximum absolute atomic E-state index is 4.59. The Kier molecular flexibility index (Phi) is 2.59. The Morgan fingerprint density at radius 3 is 2.94 bits per heavy atom. The molecule has 0 saturated carbocycles. The van der Waals surface area contributed by atoms with E-state index in [0.717, 1.165) is 22.6 Å². The van der Waals surface area contributed by atoms with Crippen LogP contribution >= 0.6 is 0 Å². The molecule has 88 valence electrons. The molecule has 1 aromatic carbocycles. The summed E-state index contributed by atoms with van der Waals surface area (Å²) in [6.07, 6.45) is 5.83. The lowest BCUT2D eigenvalue weighted by Gasteiger charge is -1.99. The second kappa shape index (κ2) is 4.25. The second-order valence-electron chi connectivity index (χ2n) is 4.46. The van der Waals surface area contributed by atoms with Gasteiger partial charge in [-0.25, -0.2) is 4.98 Å². The highest BCUT2D eigenvalue weighted by Gasteiger charge is 2.07. The Morgan fingerprint density at radius 2 is 2.17 bits per heavy atom. The van der Waals surface area contributed by atoms with Crippen LogP contribution in [-0.4, -0.2) is 27.8 Å². The number of rotatable bonds is 2. The van der Waals surface area contributed by atoms with Gasteiger partial charge in [-0.05, 0) is 18.6 Å². The lowest BCUT2D eigenvalue weighted by Crippen LogP contribution is -2.06. The number of aryl methyl sites for hydroxylation is 1.